The lowest BCUT2D eigenvalue weighted by Crippen LogP contribution is -2.44. The number of hydrogen-bond acceptors (Lipinski definition) is 1. The molecule has 0 amide bonds. The van der Waals surface area contributed by atoms with Gasteiger partial charge in [-0.25, -0.2) is 0 Å². The monoisotopic (exact) mass is 193 g/mol. The minimum atomic E-state index is -0.141. The van der Waals surface area contributed by atoms with Crippen molar-refractivity contribution in [2.45, 2.75) is 64.5 Å². The van der Waals surface area contributed by atoms with Crippen molar-refractivity contribution >= 4 is 0 Å². The van der Waals surface area contributed by atoms with Gasteiger partial charge in [-0.1, -0.05) is 25.7 Å². The van der Waals surface area contributed by atoms with Crippen molar-refractivity contribution in [3.8, 4) is 12.3 Å². The average Bonchev–Trinajstić information content (AvgIpc) is 2.31. The molecule has 0 aromatic heterocycles. The van der Waals surface area contributed by atoms with Crippen LogP contribution in [0, 0.1) is 18.3 Å². The Morgan fingerprint density at radius 1 is 1.21 bits per heavy atom. The maximum Gasteiger partial charge on any atom is 0.0743 e. The second kappa shape index (κ2) is 4.84. The Bertz CT molecular complexity index is 212. The minimum Gasteiger partial charge on any atom is -0.299 e. The molecule has 0 radical (unpaired) electrons. The van der Waals surface area contributed by atoms with Crippen molar-refractivity contribution in [2.75, 3.05) is 0 Å². The Labute approximate surface area is 88.7 Å². The van der Waals surface area contributed by atoms with E-state index in [0.29, 0.717) is 6.04 Å². The van der Waals surface area contributed by atoms with Crippen LogP contribution < -0.4 is 5.32 Å². The van der Waals surface area contributed by atoms with Crippen LogP contribution in [-0.4, -0.2) is 11.6 Å². The molecule has 0 aliphatic heterocycles. The van der Waals surface area contributed by atoms with Crippen LogP contribution in [0.4, 0.5) is 0 Å². The third kappa shape index (κ3) is 3.72. The Morgan fingerprint density at radius 2 is 1.93 bits per heavy atom. The smallest absolute Gasteiger partial charge is 0.0743 e. The molecular formula is C13H23N. The molecule has 80 valence electrons. The third-order valence-corrected chi connectivity index (χ3v) is 3.18. The molecule has 14 heavy (non-hydrogen) atoms. The first-order valence-corrected chi connectivity index (χ1v) is 5.79. The van der Waals surface area contributed by atoms with Crippen LogP contribution in [0.25, 0.3) is 0 Å². The standard InChI is InChI=1S/C13H23N/c1-5-13(3,4)14-12-8-6-7-11(2)9-10-12/h1,11-12,14H,6-10H2,2-4H3. The Balaban J connectivity index is 2.42. The number of nitrogens with one attached hydrogen (secondary N) is 1. The van der Waals surface area contributed by atoms with Gasteiger partial charge in [-0.3, -0.25) is 5.32 Å². The van der Waals surface area contributed by atoms with Crippen molar-refractivity contribution in [3.63, 3.8) is 0 Å². The first-order chi connectivity index (χ1) is 6.53. The van der Waals surface area contributed by atoms with Crippen molar-refractivity contribution in [1.29, 1.82) is 0 Å². The highest BCUT2D eigenvalue weighted by molar-refractivity contribution is 5.08. The van der Waals surface area contributed by atoms with Gasteiger partial charge < -0.3 is 0 Å². The van der Waals surface area contributed by atoms with Crippen LogP contribution in [-0.2, 0) is 0 Å². The Morgan fingerprint density at radius 3 is 2.57 bits per heavy atom. The summed E-state index contributed by atoms with van der Waals surface area (Å²) in [7, 11) is 0. The third-order valence-electron chi connectivity index (χ3n) is 3.18. The van der Waals surface area contributed by atoms with Gasteiger partial charge in [-0.15, -0.1) is 6.42 Å². The van der Waals surface area contributed by atoms with Crippen molar-refractivity contribution in [2.24, 2.45) is 5.92 Å². The molecule has 1 rings (SSSR count). The molecule has 1 nitrogen and oxygen atoms in total. The summed E-state index contributed by atoms with van der Waals surface area (Å²) in [6.07, 6.45) is 12.1. The second-order valence-corrected chi connectivity index (χ2v) is 5.22. The molecule has 1 heteroatoms. The van der Waals surface area contributed by atoms with E-state index in [2.05, 4.69) is 32.0 Å². The number of hydrogen-bond donors (Lipinski definition) is 1. The lowest BCUT2D eigenvalue weighted by molar-refractivity contribution is 0.370. The van der Waals surface area contributed by atoms with Gasteiger partial charge in [0.2, 0.25) is 0 Å². The van der Waals surface area contributed by atoms with Crippen LogP contribution in [0.1, 0.15) is 52.9 Å². The van der Waals surface area contributed by atoms with Gasteiger partial charge in [0.05, 0.1) is 5.54 Å². The Hall–Kier alpha value is -0.480. The van der Waals surface area contributed by atoms with Crippen molar-refractivity contribution < 1.29 is 0 Å². The molecule has 2 atom stereocenters. The van der Waals surface area contributed by atoms with Crippen molar-refractivity contribution in [3.05, 3.63) is 0 Å². The fraction of sp³-hybridized carbons (Fsp3) is 0.846. The largest absolute Gasteiger partial charge is 0.299 e. The van der Waals surface area contributed by atoms with Gasteiger partial charge in [0.1, 0.15) is 0 Å². The zero-order valence-electron chi connectivity index (χ0n) is 9.77. The average molecular weight is 193 g/mol. The fourth-order valence-corrected chi connectivity index (χ4v) is 2.18. The zero-order chi connectivity index (χ0) is 10.6. The lowest BCUT2D eigenvalue weighted by atomic mass is 10.0. The molecule has 1 fully saturated rings. The van der Waals surface area contributed by atoms with Crippen LogP contribution >= 0.6 is 0 Å². The van der Waals surface area contributed by atoms with E-state index in [0.717, 1.165) is 5.92 Å². The van der Waals surface area contributed by atoms with Crippen LogP contribution in [0.2, 0.25) is 0 Å². The molecule has 0 aromatic rings. The van der Waals surface area contributed by atoms with E-state index < -0.39 is 0 Å². The van der Waals surface area contributed by atoms with Crippen LogP contribution in [0.5, 0.6) is 0 Å². The lowest BCUT2D eigenvalue weighted by Gasteiger charge is -2.26. The normalized spacial score (nSPS) is 29.3. The van der Waals surface area contributed by atoms with Gasteiger partial charge in [0.25, 0.3) is 0 Å². The Kier molecular flexibility index (Phi) is 4.01. The van der Waals surface area contributed by atoms with Crippen LogP contribution in [0.15, 0.2) is 0 Å². The molecule has 1 N–H and O–H groups in total. The van der Waals surface area contributed by atoms with Gasteiger partial charge in [-0.2, -0.15) is 0 Å². The fourth-order valence-electron chi connectivity index (χ4n) is 2.18. The summed E-state index contributed by atoms with van der Waals surface area (Å²) in [6.45, 7) is 6.53. The molecule has 0 spiro atoms. The highest BCUT2D eigenvalue weighted by atomic mass is 15.0. The van der Waals surface area contributed by atoms with E-state index in [9.17, 15) is 0 Å². The summed E-state index contributed by atoms with van der Waals surface area (Å²) in [6, 6.07) is 0.631. The molecule has 1 aliphatic rings. The number of terminal acetylenes is 1. The van der Waals surface area contributed by atoms with Crippen molar-refractivity contribution in [1.82, 2.24) is 5.32 Å². The predicted molar refractivity (Wildman–Crippen MR) is 62.1 cm³/mol. The summed E-state index contributed by atoms with van der Waals surface area (Å²) in [4.78, 5) is 0. The van der Waals surface area contributed by atoms with Gasteiger partial charge in [-0.05, 0) is 39.0 Å². The maximum absolute atomic E-state index is 5.48. The molecule has 1 saturated carbocycles. The molecule has 1 aliphatic carbocycles. The zero-order valence-corrected chi connectivity index (χ0v) is 9.77. The van der Waals surface area contributed by atoms with Gasteiger partial charge >= 0.3 is 0 Å². The minimum absolute atomic E-state index is 0.141. The predicted octanol–water partition coefficient (Wildman–Crippen LogP) is 2.96. The molecule has 0 saturated heterocycles. The highest BCUT2D eigenvalue weighted by Crippen LogP contribution is 2.23. The van der Waals surface area contributed by atoms with E-state index >= 15 is 0 Å². The topological polar surface area (TPSA) is 12.0 Å². The summed E-state index contributed by atoms with van der Waals surface area (Å²) in [5.74, 6) is 3.71. The van der Waals surface area contributed by atoms with E-state index in [4.69, 9.17) is 6.42 Å². The first kappa shape index (κ1) is 11.6. The molecule has 2 unspecified atom stereocenters. The van der Waals surface area contributed by atoms with E-state index in [-0.39, 0.29) is 5.54 Å². The van der Waals surface area contributed by atoms with E-state index in [1.807, 2.05) is 0 Å². The highest BCUT2D eigenvalue weighted by Gasteiger charge is 2.21. The number of rotatable bonds is 2. The first-order valence-electron chi connectivity index (χ1n) is 5.79. The summed E-state index contributed by atoms with van der Waals surface area (Å²) < 4.78 is 0. The summed E-state index contributed by atoms with van der Waals surface area (Å²) in [5, 5.41) is 3.57. The molecule has 0 heterocycles. The maximum atomic E-state index is 5.48. The molecule has 0 bridgehead atoms. The second-order valence-electron chi connectivity index (χ2n) is 5.22. The summed E-state index contributed by atoms with van der Waals surface area (Å²) >= 11 is 0. The quantitative estimate of drug-likeness (QED) is 0.525. The molecular weight excluding hydrogens is 170 g/mol. The molecule has 0 aromatic carbocycles. The van der Waals surface area contributed by atoms with Gasteiger partial charge in [0, 0.05) is 6.04 Å². The van der Waals surface area contributed by atoms with Crippen LogP contribution in [0.3, 0.4) is 0 Å². The van der Waals surface area contributed by atoms with E-state index in [1.165, 1.54) is 32.1 Å². The van der Waals surface area contributed by atoms with Gasteiger partial charge in [0.15, 0.2) is 0 Å². The summed E-state index contributed by atoms with van der Waals surface area (Å²) in [5.41, 5.74) is -0.141. The van der Waals surface area contributed by atoms with E-state index in [1.54, 1.807) is 0 Å². The SMILES string of the molecule is C#CC(C)(C)NC1CCCC(C)CC1.